The summed E-state index contributed by atoms with van der Waals surface area (Å²) < 4.78 is 1.05. The van der Waals surface area contributed by atoms with Crippen molar-refractivity contribution in [2.24, 2.45) is 16.5 Å². The van der Waals surface area contributed by atoms with Gasteiger partial charge in [0.25, 0.3) is 0 Å². The molecule has 1 heterocycles. The fourth-order valence-electron chi connectivity index (χ4n) is 1.50. The number of hydrogen-bond donors (Lipinski definition) is 4. The summed E-state index contributed by atoms with van der Waals surface area (Å²) in [5.74, 6) is 0. The molecule has 0 aliphatic rings. The van der Waals surface area contributed by atoms with E-state index in [-0.39, 0.29) is 12.4 Å². The van der Waals surface area contributed by atoms with Gasteiger partial charge in [0.05, 0.1) is 6.20 Å². The Hall–Kier alpha value is -1.08. The molecule has 0 amide bonds. The minimum atomic E-state index is 0. The van der Waals surface area contributed by atoms with Gasteiger partial charge < -0.3 is 22.0 Å². The van der Waals surface area contributed by atoms with Crippen LogP contribution in [0.2, 0.25) is 0 Å². The summed E-state index contributed by atoms with van der Waals surface area (Å²) in [5, 5.41) is 13.0. The van der Waals surface area contributed by atoms with Crippen LogP contribution >= 0.6 is 12.4 Å². The molecule has 6 nitrogen and oxygen atoms in total. The second kappa shape index (κ2) is 10.8. The van der Waals surface area contributed by atoms with Crippen molar-refractivity contribution in [3.05, 3.63) is 29.4 Å². The van der Waals surface area contributed by atoms with E-state index in [1.54, 1.807) is 12.3 Å². The molecule has 0 aliphatic heterocycles. The fraction of sp³-hybridized carbons (Fsp3) is 0.583. The lowest BCUT2D eigenvalue weighted by atomic mass is 10.3. The number of nitrogens with two attached hydrogens (primary N) is 2. The Labute approximate surface area is 119 Å². The van der Waals surface area contributed by atoms with Crippen molar-refractivity contribution in [1.29, 1.82) is 0 Å². The first kappa shape index (κ1) is 17.9. The van der Waals surface area contributed by atoms with E-state index in [0.29, 0.717) is 31.7 Å². The zero-order chi connectivity index (χ0) is 13.2. The van der Waals surface area contributed by atoms with Gasteiger partial charge in [-0.05, 0) is 44.1 Å². The lowest BCUT2D eigenvalue weighted by Crippen LogP contribution is -2.22. The Morgan fingerprint density at radius 3 is 2.58 bits per heavy atom. The minimum Gasteiger partial charge on any atom is -0.427 e. The number of halogens is 1. The Morgan fingerprint density at radius 2 is 1.95 bits per heavy atom. The summed E-state index contributed by atoms with van der Waals surface area (Å²) in [5.41, 5.74) is 12.3. The SMILES string of the molecule is Cl.NCCCN=c1ccc(CNCCCN)cn1O. The molecular formula is C12H24ClN5O. The topological polar surface area (TPSA) is 102 Å². The fourth-order valence-corrected chi connectivity index (χ4v) is 1.50. The highest BCUT2D eigenvalue weighted by Gasteiger charge is 1.96. The zero-order valence-electron chi connectivity index (χ0n) is 11.1. The van der Waals surface area contributed by atoms with Gasteiger partial charge in [0.2, 0.25) is 0 Å². The molecular weight excluding hydrogens is 266 g/mol. The molecule has 0 fully saturated rings. The number of pyridine rings is 1. The maximum atomic E-state index is 9.74. The van der Waals surface area contributed by atoms with Crippen LogP contribution in [0.5, 0.6) is 0 Å². The predicted molar refractivity (Wildman–Crippen MR) is 78.3 cm³/mol. The first-order valence-corrected chi connectivity index (χ1v) is 6.30. The second-order valence-electron chi connectivity index (χ2n) is 4.08. The minimum absolute atomic E-state index is 0. The highest BCUT2D eigenvalue weighted by atomic mass is 35.5. The third-order valence-electron chi connectivity index (χ3n) is 2.49. The molecule has 7 heteroatoms. The lowest BCUT2D eigenvalue weighted by Gasteiger charge is -2.06. The summed E-state index contributed by atoms with van der Waals surface area (Å²) in [6, 6.07) is 3.75. The van der Waals surface area contributed by atoms with Crippen molar-refractivity contribution in [2.75, 3.05) is 26.2 Å². The van der Waals surface area contributed by atoms with Gasteiger partial charge in [0, 0.05) is 13.1 Å². The van der Waals surface area contributed by atoms with Crippen LogP contribution in [0.25, 0.3) is 0 Å². The quantitative estimate of drug-likeness (QED) is 0.394. The predicted octanol–water partition coefficient (Wildman–Crippen LogP) is -0.165. The van der Waals surface area contributed by atoms with E-state index in [1.165, 1.54) is 0 Å². The number of aromatic nitrogens is 1. The van der Waals surface area contributed by atoms with E-state index in [2.05, 4.69) is 10.3 Å². The molecule has 0 aromatic carbocycles. The molecule has 0 spiro atoms. The van der Waals surface area contributed by atoms with E-state index < -0.39 is 0 Å². The molecule has 1 rings (SSSR count). The molecule has 0 radical (unpaired) electrons. The van der Waals surface area contributed by atoms with Crippen molar-refractivity contribution >= 4 is 12.4 Å². The van der Waals surface area contributed by atoms with Gasteiger partial charge in [-0.2, -0.15) is 4.73 Å². The molecule has 110 valence electrons. The van der Waals surface area contributed by atoms with Crippen molar-refractivity contribution in [1.82, 2.24) is 10.0 Å². The second-order valence-corrected chi connectivity index (χ2v) is 4.08. The molecule has 0 aliphatic carbocycles. The summed E-state index contributed by atoms with van der Waals surface area (Å²) in [7, 11) is 0. The monoisotopic (exact) mass is 289 g/mol. The number of rotatable bonds is 8. The molecule has 6 N–H and O–H groups in total. The van der Waals surface area contributed by atoms with Crippen LogP contribution in [0.4, 0.5) is 0 Å². The third kappa shape index (κ3) is 7.17. The molecule has 0 unspecified atom stereocenters. The lowest BCUT2D eigenvalue weighted by molar-refractivity contribution is 0.170. The Bertz CT molecular complexity index is 407. The molecule has 1 aromatic heterocycles. The highest BCUT2D eigenvalue weighted by molar-refractivity contribution is 5.85. The van der Waals surface area contributed by atoms with Crippen molar-refractivity contribution in [2.45, 2.75) is 19.4 Å². The Kier molecular flexibility index (Phi) is 10.2. The van der Waals surface area contributed by atoms with Crippen LogP contribution in [0.1, 0.15) is 18.4 Å². The van der Waals surface area contributed by atoms with Gasteiger partial charge in [-0.3, -0.25) is 4.99 Å². The van der Waals surface area contributed by atoms with Crippen LogP contribution in [0.15, 0.2) is 23.3 Å². The largest absolute Gasteiger partial charge is 0.427 e. The van der Waals surface area contributed by atoms with E-state index in [9.17, 15) is 5.21 Å². The zero-order valence-corrected chi connectivity index (χ0v) is 11.9. The number of hydrogen-bond acceptors (Lipinski definition) is 5. The van der Waals surface area contributed by atoms with Crippen LogP contribution < -0.4 is 22.3 Å². The summed E-state index contributed by atoms with van der Waals surface area (Å²) in [4.78, 5) is 4.24. The molecule has 0 saturated carbocycles. The number of nitrogens with zero attached hydrogens (tertiary/aromatic N) is 2. The van der Waals surface area contributed by atoms with Gasteiger partial charge in [-0.25, -0.2) is 0 Å². The van der Waals surface area contributed by atoms with Gasteiger partial charge in [0.1, 0.15) is 0 Å². The maximum Gasteiger partial charge on any atom is 0.163 e. The van der Waals surface area contributed by atoms with Gasteiger partial charge in [-0.1, -0.05) is 6.07 Å². The maximum absolute atomic E-state index is 9.74. The van der Waals surface area contributed by atoms with Crippen LogP contribution in [-0.4, -0.2) is 36.1 Å². The third-order valence-corrected chi connectivity index (χ3v) is 2.49. The Morgan fingerprint density at radius 1 is 1.21 bits per heavy atom. The van der Waals surface area contributed by atoms with E-state index >= 15 is 0 Å². The normalized spacial score (nSPS) is 11.4. The molecule has 0 atom stereocenters. The summed E-state index contributed by atoms with van der Waals surface area (Å²) in [6.07, 6.45) is 3.44. The average molecular weight is 290 g/mol. The van der Waals surface area contributed by atoms with Gasteiger partial charge in [-0.15, -0.1) is 12.4 Å². The van der Waals surface area contributed by atoms with Crippen LogP contribution in [-0.2, 0) is 6.54 Å². The highest BCUT2D eigenvalue weighted by Crippen LogP contribution is 1.94. The van der Waals surface area contributed by atoms with Crippen LogP contribution in [0, 0.1) is 0 Å². The van der Waals surface area contributed by atoms with E-state index in [0.717, 1.165) is 29.7 Å². The molecule has 1 aromatic rings. The van der Waals surface area contributed by atoms with E-state index in [4.69, 9.17) is 11.5 Å². The molecule has 0 bridgehead atoms. The molecule has 19 heavy (non-hydrogen) atoms. The van der Waals surface area contributed by atoms with Crippen molar-refractivity contribution < 1.29 is 5.21 Å². The van der Waals surface area contributed by atoms with Gasteiger partial charge >= 0.3 is 0 Å². The van der Waals surface area contributed by atoms with Gasteiger partial charge in [0.15, 0.2) is 5.49 Å². The average Bonchev–Trinajstić information content (AvgIpc) is 2.37. The first-order valence-electron chi connectivity index (χ1n) is 6.30. The summed E-state index contributed by atoms with van der Waals surface area (Å²) >= 11 is 0. The first-order chi connectivity index (χ1) is 8.77. The van der Waals surface area contributed by atoms with E-state index in [1.807, 2.05) is 6.07 Å². The molecule has 0 saturated heterocycles. The van der Waals surface area contributed by atoms with Crippen LogP contribution in [0.3, 0.4) is 0 Å². The standard InChI is InChI=1S/C12H23N5O.ClH/c13-5-1-7-15-9-11-3-4-12(17(18)10-11)16-8-2-6-14;/h3-4,10,15,18H,1-2,5-9,13-14H2;1H. The number of nitrogens with one attached hydrogen (secondary N) is 1. The Balaban J connectivity index is 0.00000324. The smallest absolute Gasteiger partial charge is 0.163 e. The summed E-state index contributed by atoms with van der Waals surface area (Å²) in [6.45, 7) is 3.52. The van der Waals surface area contributed by atoms with Crippen molar-refractivity contribution in [3.63, 3.8) is 0 Å². The van der Waals surface area contributed by atoms with Crippen molar-refractivity contribution in [3.8, 4) is 0 Å².